The van der Waals surface area contributed by atoms with E-state index in [0.717, 1.165) is 5.56 Å². The molecule has 0 aliphatic heterocycles. The van der Waals surface area contributed by atoms with E-state index in [-0.39, 0.29) is 6.04 Å². The molecule has 0 bridgehead atoms. The lowest BCUT2D eigenvalue weighted by Crippen LogP contribution is -2.39. The van der Waals surface area contributed by atoms with Gasteiger partial charge in [0.15, 0.2) is 12.2 Å². The largest absolute Gasteiger partial charge is 0.479 e. The quantitative estimate of drug-likeness (QED) is 0.401. The van der Waals surface area contributed by atoms with Gasteiger partial charge in [-0.1, -0.05) is 30.3 Å². The van der Waals surface area contributed by atoms with Gasteiger partial charge in [0.2, 0.25) is 0 Å². The van der Waals surface area contributed by atoms with Gasteiger partial charge in [-0.3, -0.25) is 0 Å². The van der Waals surface area contributed by atoms with Crippen LogP contribution in [0.2, 0.25) is 0 Å². The second kappa shape index (κ2) is 9.03. The van der Waals surface area contributed by atoms with Crippen LogP contribution in [0.1, 0.15) is 18.6 Å². The maximum atomic E-state index is 9.77. The zero-order valence-corrected chi connectivity index (χ0v) is 11.3. The minimum atomic E-state index is -2.27. The first-order valence-corrected chi connectivity index (χ1v) is 5.98. The average Bonchev–Trinajstić information content (AvgIpc) is 2.46. The molecule has 0 aliphatic carbocycles. The van der Waals surface area contributed by atoms with Gasteiger partial charge in [-0.2, -0.15) is 0 Å². The van der Waals surface area contributed by atoms with Crippen LogP contribution in [-0.4, -0.2) is 55.7 Å². The van der Waals surface area contributed by atoms with Crippen molar-refractivity contribution >= 4 is 11.9 Å². The zero-order chi connectivity index (χ0) is 16.6. The normalized spacial score (nSPS) is 15.9. The first kappa shape index (κ1) is 19.0. The van der Waals surface area contributed by atoms with E-state index in [1.165, 1.54) is 0 Å². The molecule has 0 spiro atoms. The van der Waals surface area contributed by atoms with Gasteiger partial charge in [-0.05, 0) is 12.5 Å². The molecule has 0 heterocycles. The van der Waals surface area contributed by atoms with E-state index < -0.39 is 30.3 Å². The van der Waals surface area contributed by atoms with Crippen LogP contribution in [0.25, 0.3) is 0 Å². The van der Waals surface area contributed by atoms with Gasteiger partial charge in [-0.25, -0.2) is 9.59 Å². The molecule has 0 saturated heterocycles. The van der Waals surface area contributed by atoms with Crippen molar-refractivity contribution in [2.24, 2.45) is 5.73 Å². The number of carboxylic acids is 2. The molecule has 118 valence electrons. The van der Waals surface area contributed by atoms with Crippen molar-refractivity contribution in [2.45, 2.75) is 31.3 Å². The topological polar surface area (TPSA) is 161 Å². The number of benzene rings is 1. The van der Waals surface area contributed by atoms with Crippen LogP contribution in [-0.2, 0) is 9.59 Å². The monoisotopic (exact) mass is 301 g/mol. The van der Waals surface area contributed by atoms with E-state index in [1.807, 2.05) is 30.3 Å². The van der Waals surface area contributed by atoms with Crippen LogP contribution in [0.15, 0.2) is 30.3 Å². The molecule has 8 nitrogen and oxygen atoms in total. The summed E-state index contributed by atoms with van der Waals surface area (Å²) in [4.78, 5) is 19.5. The van der Waals surface area contributed by atoms with Crippen molar-refractivity contribution in [3.05, 3.63) is 35.9 Å². The van der Waals surface area contributed by atoms with Crippen molar-refractivity contribution < 1.29 is 35.1 Å². The number of carboxylic acid groups (broad SMARTS) is 2. The van der Waals surface area contributed by atoms with Gasteiger partial charge < -0.3 is 31.3 Å². The molecule has 0 aromatic heterocycles. The lowest BCUT2D eigenvalue weighted by atomic mass is 10.0. The van der Waals surface area contributed by atoms with Gasteiger partial charge in [0.25, 0.3) is 0 Å². The van der Waals surface area contributed by atoms with Crippen molar-refractivity contribution in [1.29, 1.82) is 0 Å². The Bertz CT molecular complexity index is 431. The van der Waals surface area contributed by atoms with E-state index in [4.69, 9.17) is 26.2 Å². The number of nitrogens with two attached hydrogens (primary N) is 1. The summed E-state index contributed by atoms with van der Waals surface area (Å²) in [5.74, 6) is -3.54. The Balaban J connectivity index is 0.000000384. The summed E-state index contributed by atoms with van der Waals surface area (Å²) in [6, 6.07) is 9.22. The molecule has 0 aliphatic rings. The van der Waals surface area contributed by atoms with Gasteiger partial charge in [0.1, 0.15) is 0 Å². The highest BCUT2D eigenvalue weighted by Gasteiger charge is 2.29. The zero-order valence-electron chi connectivity index (χ0n) is 11.3. The van der Waals surface area contributed by atoms with Gasteiger partial charge in [0, 0.05) is 6.04 Å². The second-order valence-electron chi connectivity index (χ2n) is 4.28. The smallest absolute Gasteiger partial charge is 0.335 e. The summed E-state index contributed by atoms with van der Waals surface area (Å²) in [6.07, 6.45) is -5.08. The number of hydrogen-bond donors (Lipinski definition) is 6. The molecule has 0 amide bonds. The molecule has 4 atom stereocenters. The van der Waals surface area contributed by atoms with E-state index in [0.29, 0.717) is 0 Å². The van der Waals surface area contributed by atoms with Crippen molar-refractivity contribution in [3.8, 4) is 0 Å². The van der Waals surface area contributed by atoms with E-state index in [1.54, 1.807) is 6.92 Å². The predicted molar refractivity (Wildman–Crippen MR) is 72.3 cm³/mol. The Labute approximate surface area is 121 Å². The molecule has 8 heteroatoms. The molecule has 21 heavy (non-hydrogen) atoms. The summed E-state index contributed by atoms with van der Waals surface area (Å²) in [7, 11) is 0. The Morgan fingerprint density at radius 1 is 0.952 bits per heavy atom. The average molecular weight is 301 g/mol. The number of rotatable bonds is 5. The van der Waals surface area contributed by atoms with Crippen molar-refractivity contribution in [2.75, 3.05) is 0 Å². The molecule has 1 rings (SSSR count). The number of carbonyl (C=O) groups is 2. The van der Waals surface area contributed by atoms with Crippen molar-refractivity contribution in [1.82, 2.24) is 0 Å². The third-order valence-corrected chi connectivity index (χ3v) is 2.44. The SMILES string of the molecule is C[C@@H](N)[C@@H](O)c1ccccc1.O=C(O)[C@H](O)[C@@H](O)C(=O)O. The van der Waals surface area contributed by atoms with E-state index >= 15 is 0 Å². The fourth-order valence-electron chi connectivity index (χ4n) is 1.22. The van der Waals surface area contributed by atoms with E-state index in [9.17, 15) is 14.7 Å². The molecule has 0 saturated carbocycles. The second-order valence-corrected chi connectivity index (χ2v) is 4.28. The molecular formula is C13H19NO7. The number of hydrogen-bond acceptors (Lipinski definition) is 6. The summed E-state index contributed by atoms with van der Waals surface area (Å²) in [6.45, 7) is 1.79. The number of aliphatic carboxylic acids is 2. The highest BCUT2D eigenvalue weighted by atomic mass is 16.4. The highest BCUT2D eigenvalue weighted by Crippen LogP contribution is 2.13. The van der Waals surface area contributed by atoms with Crippen LogP contribution in [0, 0.1) is 0 Å². The molecular weight excluding hydrogens is 282 g/mol. The predicted octanol–water partition coefficient (Wildman–Crippen LogP) is -1.06. The first-order valence-electron chi connectivity index (χ1n) is 5.98. The Morgan fingerprint density at radius 3 is 1.62 bits per heavy atom. The fraction of sp³-hybridized carbons (Fsp3) is 0.385. The standard InChI is InChI=1S/C9H13NO.C4H6O6/c1-7(10)9(11)8-5-3-2-4-6-8;5-1(3(7)8)2(6)4(9)10/h2-7,9,11H,10H2,1H3;1-2,5-6H,(H,7,8)(H,9,10)/t7-,9-;1-,2-/m11/s1. The Kier molecular flexibility index (Phi) is 8.17. The van der Waals surface area contributed by atoms with Crippen LogP contribution >= 0.6 is 0 Å². The maximum Gasteiger partial charge on any atom is 0.335 e. The Morgan fingerprint density at radius 2 is 1.33 bits per heavy atom. The summed E-state index contributed by atoms with van der Waals surface area (Å²) in [5.41, 5.74) is 6.40. The highest BCUT2D eigenvalue weighted by molar-refractivity contribution is 5.83. The maximum absolute atomic E-state index is 9.77. The minimum Gasteiger partial charge on any atom is -0.479 e. The van der Waals surface area contributed by atoms with Gasteiger partial charge in [-0.15, -0.1) is 0 Å². The van der Waals surface area contributed by atoms with Crippen molar-refractivity contribution in [3.63, 3.8) is 0 Å². The van der Waals surface area contributed by atoms with Gasteiger partial charge >= 0.3 is 11.9 Å². The lowest BCUT2D eigenvalue weighted by molar-refractivity contribution is -0.165. The summed E-state index contributed by atoms with van der Waals surface area (Å²) in [5, 5.41) is 42.0. The Hall–Kier alpha value is -2.00. The van der Waals surface area contributed by atoms with Gasteiger partial charge in [0.05, 0.1) is 6.10 Å². The lowest BCUT2D eigenvalue weighted by Gasteiger charge is -2.13. The first-order chi connectivity index (χ1) is 9.68. The molecule has 7 N–H and O–H groups in total. The third kappa shape index (κ3) is 6.82. The van der Waals surface area contributed by atoms with Crippen LogP contribution in [0.5, 0.6) is 0 Å². The number of aliphatic hydroxyl groups excluding tert-OH is 3. The number of aliphatic hydroxyl groups is 3. The van der Waals surface area contributed by atoms with Crippen LogP contribution in [0.3, 0.4) is 0 Å². The molecule has 0 fully saturated rings. The molecule has 0 unspecified atom stereocenters. The van der Waals surface area contributed by atoms with Crippen LogP contribution < -0.4 is 5.73 Å². The molecule has 1 aromatic carbocycles. The summed E-state index contributed by atoms with van der Waals surface area (Å²) >= 11 is 0. The van der Waals surface area contributed by atoms with Crippen LogP contribution in [0.4, 0.5) is 0 Å². The van der Waals surface area contributed by atoms with E-state index in [2.05, 4.69) is 0 Å². The fourth-order valence-corrected chi connectivity index (χ4v) is 1.22. The molecule has 1 aromatic rings. The third-order valence-electron chi connectivity index (χ3n) is 2.44. The molecule has 0 radical (unpaired) electrons. The minimum absolute atomic E-state index is 0.211. The summed E-state index contributed by atoms with van der Waals surface area (Å²) < 4.78 is 0.